The standard InChI is InChI=1S/C39H50N6O6S2/c46-31-11-9-27(28-10-12-35(48)41-36(28)31)32(47)23-40-22-24-21-30-37(29-6-1-5-26(24)29)45(43-42-30)16-4-15-44-17-13-25(14-18-44)51-38(49)39(50,33-7-2-19-52-33)34-8-3-20-53-34/h2-3,7-8,19-21,25,27-28,31-32,36,40,46-47,50H,1,4-6,9-18,22-23H2,(H,41,48)/t27?,28?,31?,32-,36?/m0/s1. The third-order valence-corrected chi connectivity index (χ3v) is 14.0. The predicted octanol–water partition coefficient (Wildman–Crippen LogP) is 3.49. The van der Waals surface area contributed by atoms with Crippen LogP contribution in [-0.4, -0.2) is 97.6 Å². The Kier molecular flexibility index (Phi) is 11.0. The molecule has 5 atom stereocenters. The topological polar surface area (TPSA) is 162 Å². The summed E-state index contributed by atoms with van der Waals surface area (Å²) in [5, 5.41) is 52.7. The number of nitrogens with zero attached hydrogens (tertiary/aromatic N) is 4. The maximum atomic E-state index is 13.4. The van der Waals surface area contributed by atoms with Crippen molar-refractivity contribution in [1.29, 1.82) is 0 Å². The number of ether oxygens (including phenoxy) is 1. The van der Waals surface area contributed by atoms with Gasteiger partial charge in [0.2, 0.25) is 11.5 Å². The van der Waals surface area contributed by atoms with E-state index in [9.17, 15) is 24.9 Å². The Morgan fingerprint density at radius 1 is 1.04 bits per heavy atom. The molecule has 8 rings (SSSR count). The van der Waals surface area contributed by atoms with Gasteiger partial charge in [-0.3, -0.25) is 4.79 Å². The van der Waals surface area contributed by atoms with Gasteiger partial charge in [0.15, 0.2) is 0 Å². The van der Waals surface area contributed by atoms with Gasteiger partial charge in [-0.05, 0) is 122 Å². The van der Waals surface area contributed by atoms with Crippen molar-refractivity contribution < 1.29 is 29.6 Å². The molecule has 1 aromatic carbocycles. The van der Waals surface area contributed by atoms with Crippen molar-refractivity contribution in [2.45, 2.75) is 107 Å². The van der Waals surface area contributed by atoms with Gasteiger partial charge in [-0.25, -0.2) is 9.48 Å². The Morgan fingerprint density at radius 3 is 2.53 bits per heavy atom. The second kappa shape index (κ2) is 15.9. The molecule has 1 saturated carbocycles. The van der Waals surface area contributed by atoms with Crippen LogP contribution >= 0.6 is 22.7 Å². The molecule has 3 fully saturated rings. The van der Waals surface area contributed by atoms with E-state index in [-0.39, 0.29) is 29.9 Å². The van der Waals surface area contributed by atoms with Crippen LogP contribution in [0.15, 0.2) is 41.1 Å². The number of amides is 1. The third kappa shape index (κ3) is 7.43. The average Bonchev–Trinajstić information content (AvgIpc) is 4.00. The van der Waals surface area contributed by atoms with Crippen molar-refractivity contribution >= 4 is 45.6 Å². The smallest absolute Gasteiger partial charge is 0.349 e. The van der Waals surface area contributed by atoms with Crippen LogP contribution in [-0.2, 0) is 45.9 Å². The van der Waals surface area contributed by atoms with Crippen molar-refractivity contribution in [3.8, 4) is 0 Å². The van der Waals surface area contributed by atoms with E-state index >= 15 is 0 Å². The summed E-state index contributed by atoms with van der Waals surface area (Å²) >= 11 is 2.71. The van der Waals surface area contributed by atoms with Crippen LogP contribution < -0.4 is 10.6 Å². The fourth-order valence-electron chi connectivity index (χ4n) is 9.33. The molecule has 2 saturated heterocycles. The average molecular weight is 763 g/mol. The van der Waals surface area contributed by atoms with Gasteiger partial charge in [0.1, 0.15) is 11.6 Å². The Balaban J connectivity index is 0.827. The maximum absolute atomic E-state index is 13.4. The summed E-state index contributed by atoms with van der Waals surface area (Å²) in [7, 11) is 0. The summed E-state index contributed by atoms with van der Waals surface area (Å²) < 4.78 is 8.01. The summed E-state index contributed by atoms with van der Waals surface area (Å²) in [5.74, 6) is -0.457. The molecule has 3 aromatic heterocycles. The van der Waals surface area contributed by atoms with Gasteiger partial charge in [-0.1, -0.05) is 17.3 Å². The summed E-state index contributed by atoms with van der Waals surface area (Å²) in [6, 6.07) is 9.15. The van der Waals surface area contributed by atoms with Crippen molar-refractivity contribution in [2.75, 3.05) is 26.2 Å². The van der Waals surface area contributed by atoms with Crippen LogP contribution in [0.1, 0.15) is 77.8 Å². The van der Waals surface area contributed by atoms with E-state index in [0.29, 0.717) is 42.1 Å². The SMILES string of the molecule is O=C1CCC2C(N1)C(O)CCC2[C@@H](O)CNCc1cc2nnn(CCCN3CCC(OC(=O)C(O)(c4cccs4)c4cccs4)CC3)c2c2c1CCC2. The number of benzene rings is 1. The molecule has 53 heavy (non-hydrogen) atoms. The second-order valence-corrected chi connectivity index (χ2v) is 17.2. The number of thiophene rings is 2. The number of carbonyl (C=O) groups is 2. The molecular weight excluding hydrogens is 713 g/mol. The fraction of sp³-hybridized carbons (Fsp3) is 0.590. The van der Waals surface area contributed by atoms with Crippen LogP contribution in [0.4, 0.5) is 0 Å². The number of rotatable bonds is 13. The summed E-state index contributed by atoms with van der Waals surface area (Å²) in [5.41, 5.74) is 4.22. The monoisotopic (exact) mass is 762 g/mol. The Morgan fingerprint density at radius 2 is 1.79 bits per heavy atom. The summed E-state index contributed by atoms with van der Waals surface area (Å²) in [4.78, 5) is 28.9. The number of aliphatic hydroxyl groups excluding tert-OH is 2. The number of hydrogen-bond donors (Lipinski definition) is 5. The zero-order valence-corrected chi connectivity index (χ0v) is 31.6. The first-order chi connectivity index (χ1) is 25.8. The predicted molar refractivity (Wildman–Crippen MR) is 202 cm³/mol. The summed E-state index contributed by atoms with van der Waals surface area (Å²) in [6.45, 7) is 4.45. The minimum Gasteiger partial charge on any atom is -0.460 e. The highest BCUT2D eigenvalue weighted by atomic mass is 32.1. The van der Waals surface area contributed by atoms with Gasteiger partial charge in [-0.15, -0.1) is 27.8 Å². The number of hydrogen-bond acceptors (Lipinski definition) is 12. The van der Waals surface area contributed by atoms with E-state index in [4.69, 9.17) is 4.74 Å². The first-order valence-electron chi connectivity index (χ1n) is 19.3. The largest absolute Gasteiger partial charge is 0.460 e. The zero-order chi connectivity index (χ0) is 36.5. The molecule has 0 spiro atoms. The molecule has 4 aromatic rings. The number of fused-ring (bicyclic) bond motifs is 4. The number of aryl methyl sites for hydroxylation is 2. The van der Waals surface area contributed by atoms with E-state index in [1.165, 1.54) is 39.4 Å². The normalized spacial score (nSPS) is 24.5. The fourth-order valence-corrected chi connectivity index (χ4v) is 11.0. The molecule has 4 aliphatic rings. The molecule has 284 valence electrons. The van der Waals surface area contributed by atoms with Gasteiger partial charge < -0.3 is 35.6 Å². The van der Waals surface area contributed by atoms with Crippen molar-refractivity contribution in [1.82, 2.24) is 30.5 Å². The Bertz CT molecular complexity index is 1840. The highest BCUT2D eigenvalue weighted by molar-refractivity contribution is 7.12. The maximum Gasteiger partial charge on any atom is 0.349 e. The number of aliphatic hydroxyl groups is 3. The molecule has 12 nitrogen and oxygen atoms in total. The molecule has 4 unspecified atom stereocenters. The van der Waals surface area contributed by atoms with E-state index in [2.05, 4.69) is 36.6 Å². The molecule has 5 heterocycles. The lowest BCUT2D eigenvalue weighted by molar-refractivity contribution is -0.169. The molecule has 2 aliphatic heterocycles. The minimum absolute atomic E-state index is 0.00668. The Hall–Kier alpha value is -3.24. The van der Waals surface area contributed by atoms with E-state index in [1.807, 2.05) is 22.9 Å². The van der Waals surface area contributed by atoms with Gasteiger partial charge in [0.05, 0.1) is 33.5 Å². The van der Waals surface area contributed by atoms with Crippen LogP contribution in [0.5, 0.6) is 0 Å². The molecule has 2 aliphatic carbocycles. The molecular formula is C39H50N6O6S2. The number of nitrogens with one attached hydrogen (secondary N) is 2. The lowest BCUT2D eigenvalue weighted by Crippen LogP contribution is -2.58. The van der Waals surface area contributed by atoms with Gasteiger partial charge in [0.25, 0.3) is 0 Å². The molecule has 0 radical (unpaired) electrons. The first kappa shape index (κ1) is 36.7. The number of esters is 1. The number of piperidine rings is 2. The number of likely N-dealkylation sites (tertiary alicyclic amines) is 1. The van der Waals surface area contributed by atoms with E-state index in [0.717, 1.165) is 82.2 Å². The Labute approximate surface area is 317 Å². The van der Waals surface area contributed by atoms with Crippen LogP contribution in [0.2, 0.25) is 0 Å². The number of carbonyl (C=O) groups excluding carboxylic acids is 2. The van der Waals surface area contributed by atoms with E-state index in [1.54, 1.807) is 12.1 Å². The third-order valence-electron chi connectivity index (χ3n) is 12.1. The van der Waals surface area contributed by atoms with Gasteiger partial charge >= 0.3 is 5.97 Å². The second-order valence-electron chi connectivity index (χ2n) is 15.3. The van der Waals surface area contributed by atoms with Crippen molar-refractivity contribution in [3.05, 3.63) is 67.5 Å². The van der Waals surface area contributed by atoms with Crippen LogP contribution in [0.25, 0.3) is 11.0 Å². The van der Waals surface area contributed by atoms with E-state index < -0.39 is 23.8 Å². The lowest BCUT2D eigenvalue weighted by Gasteiger charge is -2.45. The molecule has 1 amide bonds. The van der Waals surface area contributed by atoms with Gasteiger partial charge in [-0.2, -0.15) is 0 Å². The molecule has 14 heteroatoms. The molecule has 5 N–H and O–H groups in total. The first-order valence-corrected chi connectivity index (χ1v) is 21.0. The quantitative estimate of drug-likeness (QED) is 0.128. The highest BCUT2D eigenvalue weighted by Crippen LogP contribution is 2.39. The minimum atomic E-state index is -1.78. The van der Waals surface area contributed by atoms with Crippen molar-refractivity contribution in [2.24, 2.45) is 11.8 Å². The molecule has 0 bridgehead atoms. The zero-order valence-electron chi connectivity index (χ0n) is 30.0. The van der Waals surface area contributed by atoms with Crippen molar-refractivity contribution in [3.63, 3.8) is 0 Å². The van der Waals surface area contributed by atoms with Crippen LogP contribution in [0, 0.1) is 11.8 Å². The van der Waals surface area contributed by atoms with Gasteiger partial charge in [0, 0.05) is 39.1 Å². The van der Waals surface area contributed by atoms with Crippen LogP contribution in [0.3, 0.4) is 0 Å². The highest BCUT2D eigenvalue weighted by Gasteiger charge is 2.46. The lowest BCUT2D eigenvalue weighted by atomic mass is 9.68. The number of aromatic nitrogens is 3. The summed E-state index contributed by atoms with van der Waals surface area (Å²) in [6.07, 6.45) is 6.74.